The number of aromatic nitrogens is 1. The molecule has 0 bridgehead atoms. The van der Waals surface area contributed by atoms with Crippen LogP contribution in [0.5, 0.6) is 11.6 Å². The molecule has 0 radical (unpaired) electrons. The van der Waals surface area contributed by atoms with Gasteiger partial charge in [0.05, 0.1) is 4.92 Å². The zero-order chi connectivity index (χ0) is 15.4. The number of hydrogen-bond donors (Lipinski definition) is 2. The molecule has 8 nitrogen and oxygen atoms in total. The van der Waals surface area contributed by atoms with Crippen LogP contribution in [0.15, 0.2) is 46.0 Å². The Morgan fingerprint density at radius 3 is 2.81 bits per heavy atom. The third kappa shape index (κ3) is 3.45. The van der Waals surface area contributed by atoms with Gasteiger partial charge in [0, 0.05) is 16.6 Å². The lowest BCUT2D eigenvalue weighted by atomic mass is 10.3. The zero-order valence-corrected chi connectivity index (χ0v) is 12.0. The quantitative estimate of drug-likeness (QED) is 0.286. The van der Waals surface area contributed by atoms with E-state index in [0.717, 1.165) is 4.47 Å². The predicted octanol–water partition coefficient (Wildman–Crippen LogP) is 2.64. The number of ether oxygens (including phenoxy) is 1. The standard InChI is InChI=1S/C12H9BrN4O4/c13-7-2-1-3-8(6-7)21-10-5-4-9(17(19)20)11(15-10)12(14)16-18/h1-6,18H,(H2,14,16). The second-order valence-electron chi connectivity index (χ2n) is 3.82. The first kappa shape index (κ1) is 14.7. The van der Waals surface area contributed by atoms with Crippen LogP contribution in [0.4, 0.5) is 5.69 Å². The van der Waals surface area contributed by atoms with Gasteiger partial charge in [-0.3, -0.25) is 10.1 Å². The van der Waals surface area contributed by atoms with Crippen LogP contribution >= 0.6 is 15.9 Å². The van der Waals surface area contributed by atoms with Crippen LogP contribution in [-0.4, -0.2) is 21.0 Å². The number of oxime groups is 1. The molecule has 0 aliphatic rings. The minimum Gasteiger partial charge on any atom is -0.439 e. The van der Waals surface area contributed by atoms with E-state index in [1.807, 2.05) is 6.07 Å². The molecule has 0 saturated heterocycles. The Morgan fingerprint density at radius 1 is 1.43 bits per heavy atom. The summed E-state index contributed by atoms with van der Waals surface area (Å²) in [5, 5.41) is 22.3. The molecule has 3 N–H and O–H groups in total. The van der Waals surface area contributed by atoms with Gasteiger partial charge in [0.1, 0.15) is 5.75 Å². The van der Waals surface area contributed by atoms with Crippen LogP contribution < -0.4 is 10.5 Å². The lowest BCUT2D eigenvalue weighted by molar-refractivity contribution is -0.385. The average Bonchev–Trinajstić information content (AvgIpc) is 2.46. The van der Waals surface area contributed by atoms with Crippen molar-refractivity contribution in [3.8, 4) is 11.6 Å². The van der Waals surface area contributed by atoms with Crippen LogP contribution in [0.1, 0.15) is 5.69 Å². The first-order valence-corrected chi connectivity index (χ1v) is 6.37. The number of hydrogen-bond acceptors (Lipinski definition) is 6. The Morgan fingerprint density at radius 2 is 2.19 bits per heavy atom. The van der Waals surface area contributed by atoms with Gasteiger partial charge >= 0.3 is 0 Å². The summed E-state index contributed by atoms with van der Waals surface area (Å²) < 4.78 is 6.28. The van der Waals surface area contributed by atoms with Crippen molar-refractivity contribution < 1.29 is 14.9 Å². The van der Waals surface area contributed by atoms with Crippen LogP contribution in [0, 0.1) is 10.1 Å². The number of nitrogens with two attached hydrogens (primary N) is 1. The Bertz CT molecular complexity index is 720. The van der Waals surface area contributed by atoms with Gasteiger partial charge in [-0.15, -0.1) is 0 Å². The van der Waals surface area contributed by atoms with Gasteiger partial charge in [-0.1, -0.05) is 27.2 Å². The number of amidine groups is 1. The number of pyridine rings is 1. The third-order valence-corrected chi connectivity index (χ3v) is 2.91. The molecule has 2 rings (SSSR count). The summed E-state index contributed by atoms with van der Waals surface area (Å²) in [5.41, 5.74) is 4.74. The topological polar surface area (TPSA) is 124 Å². The van der Waals surface area contributed by atoms with Crippen molar-refractivity contribution in [2.45, 2.75) is 0 Å². The summed E-state index contributed by atoms with van der Waals surface area (Å²) in [4.78, 5) is 14.1. The maximum atomic E-state index is 10.9. The van der Waals surface area contributed by atoms with Gasteiger partial charge in [-0.25, -0.2) is 4.98 Å². The molecule has 1 aromatic heterocycles. The van der Waals surface area contributed by atoms with E-state index in [1.165, 1.54) is 12.1 Å². The van der Waals surface area contributed by atoms with Crippen molar-refractivity contribution in [3.63, 3.8) is 0 Å². The molecule has 0 spiro atoms. The fourth-order valence-electron chi connectivity index (χ4n) is 1.53. The average molecular weight is 353 g/mol. The van der Waals surface area contributed by atoms with E-state index >= 15 is 0 Å². The van der Waals surface area contributed by atoms with Gasteiger partial charge in [0.15, 0.2) is 11.5 Å². The van der Waals surface area contributed by atoms with Crippen LogP contribution in [0.3, 0.4) is 0 Å². The lowest BCUT2D eigenvalue weighted by Gasteiger charge is -2.07. The largest absolute Gasteiger partial charge is 0.439 e. The highest BCUT2D eigenvalue weighted by atomic mass is 79.9. The van der Waals surface area contributed by atoms with E-state index in [-0.39, 0.29) is 17.3 Å². The number of halogens is 1. The summed E-state index contributed by atoms with van der Waals surface area (Å²) >= 11 is 3.29. The minimum atomic E-state index is -0.677. The summed E-state index contributed by atoms with van der Waals surface area (Å²) in [6.45, 7) is 0. The maximum Gasteiger partial charge on any atom is 0.299 e. The molecule has 0 amide bonds. The van der Waals surface area contributed by atoms with Crippen molar-refractivity contribution >= 4 is 27.5 Å². The smallest absolute Gasteiger partial charge is 0.299 e. The molecule has 0 aliphatic heterocycles. The van der Waals surface area contributed by atoms with E-state index in [4.69, 9.17) is 15.7 Å². The summed E-state index contributed by atoms with van der Waals surface area (Å²) in [6.07, 6.45) is 0. The molecule has 0 unspecified atom stereocenters. The predicted molar refractivity (Wildman–Crippen MR) is 77.6 cm³/mol. The Labute approximate surface area is 127 Å². The first-order chi connectivity index (χ1) is 10.0. The second-order valence-corrected chi connectivity index (χ2v) is 4.73. The molecule has 0 aliphatic carbocycles. The van der Waals surface area contributed by atoms with Crippen molar-refractivity contribution in [2.75, 3.05) is 0 Å². The molecule has 0 atom stereocenters. The van der Waals surface area contributed by atoms with Gasteiger partial charge in [0.2, 0.25) is 5.88 Å². The summed E-state index contributed by atoms with van der Waals surface area (Å²) in [5.74, 6) is 0.0953. The highest BCUT2D eigenvalue weighted by Gasteiger charge is 2.20. The number of rotatable bonds is 4. The molecule has 1 heterocycles. The fourth-order valence-corrected chi connectivity index (χ4v) is 1.90. The highest BCUT2D eigenvalue weighted by Crippen LogP contribution is 2.26. The van der Waals surface area contributed by atoms with Gasteiger partial charge in [-0.05, 0) is 18.2 Å². The first-order valence-electron chi connectivity index (χ1n) is 5.58. The van der Waals surface area contributed by atoms with E-state index in [2.05, 4.69) is 26.1 Å². The van der Waals surface area contributed by atoms with Crippen molar-refractivity contribution in [2.24, 2.45) is 10.9 Å². The molecule has 0 fully saturated rings. The molecule has 21 heavy (non-hydrogen) atoms. The Kier molecular flexibility index (Phi) is 4.33. The van der Waals surface area contributed by atoms with Gasteiger partial charge < -0.3 is 15.7 Å². The molecule has 9 heteroatoms. The van der Waals surface area contributed by atoms with Crippen LogP contribution in [-0.2, 0) is 0 Å². The van der Waals surface area contributed by atoms with Gasteiger partial charge in [-0.2, -0.15) is 0 Å². The summed E-state index contributed by atoms with van der Waals surface area (Å²) in [7, 11) is 0. The SMILES string of the molecule is N/C(=N/O)c1nc(Oc2cccc(Br)c2)ccc1[N+](=O)[O-]. The van der Waals surface area contributed by atoms with E-state index in [9.17, 15) is 10.1 Å². The molecular formula is C12H9BrN4O4. The Hall–Kier alpha value is -2.68. The summed E-state index contributed by atoms with van der Waals surface area (Å²) in [6, 6.07) is 9.47. The molecule has 108 valence electrons. The minimum absolute atomic E-state index is 0.0836. The molecular weight excluding hydrogens is 344 g/mol. The fraction of sp³-hybridized carbons (Fsp3) is 0. The molecule has 2 aromatic rings. The zero-order valence-electron chi connectivity index (χ0n) is 10.4. The monoisotopic (exact) mass is 352 g/mol. The number of nitrogens with zero attached hydrogens (tertiary/aromatic N) is 3. The Balaban J connectivity index is 2.40. The van der Waals surface area contributed by atoms with Crippen molar-refractivity contribution in [1.82, 2.24) is 4.98 Å². The maximum absolute atomic E-state index is 10.9. The second kappa shape index (κ2) is 6.18. The van der Waals surface area contributed by atoms with Crippen molar-refractivity contribution in [3.05, 3.63) is 56.7 Å². The third-order valence-electron chi connectivity index (χ3n) is 2.41. The van der Waals surface area contributed by atoms with E-state index in [0.29, 0.717) is 5.75 Å². The van der Waals surface area contributed by atoms with Crippen molar-refractivity contribution in [1.29, 1.82) is 0 Å². The number of nitro groups is 1. The van der Waals surface area contributed by atoms with E-state index in [1.54, 1.807) is 18.2 Å². The molecule has 1 aromatic carbocycles. The van der Waals surface area contributed by atoms with E-state index < -0.39 is 10.8 Å². The highest BCUT2D eigenvalue weighted by molar-refractivity contribution is 9.10. The van der Waals surface area contributed by atoms with Gasteiger partial charge in [0.25, 0.3) is 5.69 Å². The van der Waals surface area contributed by atoms with Crippen LogP contribution in [0.2, 0.25) is 0 Å². The molecule has 0 saturated carbocycles. The van der Waals surface area contributed by atoms with Crippen LogP contribution in [0.25, 0.3) is 0 Å². The number of benzene rings is 1. The lowest BCUT2D eigenvalue weighted by Crippen LogP contribution is -2.17. The normalized spacial score (nSPS) is 11.2.